The van der Waals surface area contributed by atoms with Crippen LogP contribution in [0.1, 0.15) is 51.0 Å². The van der Waals surface area contributed by atoms with Gasteiger partial charge >= 0.3 is 6.03 Å². The predicted molar refractivity (Wildman–Crippen MR) is 111 cm³/mol. The zero-order chi connectivity index (χ0) is 22.2. The minimum Gasteiger partial charge on any atom is -0.319 e. The summed E-state index contributed by atoms with van der Waals surface area (Å²) in [5, 5.41) is 7.82. The van der Waals surface area contributed by atoms with Crippen LogP contribution < -0.4 is 10.5 Å². The molecular weight excluding hydrogens is 418 g/mol. The van der Waals surface area contributed by atoms with Crippen molar-refractivity contribution in [3.63, 3.8) is 0 Å². The smallest absolute Gasteiger partial charge is 0.319 e. The molecule has 5 fully saturated rings. The van der Waals surface area contributed by atoms with E-state index >= 15 is 0 Å². The molecule has 1 saturated heterocycles. The zero-order valence-corrected chi connectivity index (χ0v) is 18.3. The molecule has 4 bridgehead atoms. The van der Waals surface area contributed by atoms with Crippen molar-refractivity contribution in [3.05, 3.63) is 29.8 Å². The van der Waals surface area contributed by atoms with E-state index < -0.39 is 27.5 Å². The zero-order valence-electron chi connectivity index (χ0n) is 17.5. The van der Waals surface area contributed by atoms with Crippen molar-refractivity contribution in [2.75, 3.05) is 6.54 Å². The van der Waals surface area contributed by atoms with Gasteiger partial charge in [0.25, 0.3) is 5.91 Å². The molecule has 4 saturated carbocycles. The third-order valence-corrected chi connectivity index (χ3v) is 8.90. The molecular formula is C22H27N3O5S. The van der Waals surface area contributed by atoms with E-state index in [4.69, 9.17) is 5.14 Å². The van der Waals surface area contributed by atoms with E-state index in [9.17, 15) is 22.8 Å². The maximum atomic E-state index is 13.4. The first kappa shape index (κ1) is 20.6. The number of hydrogen-bond donors (Lipinski definition) is 2. The van der Waals surface area contributed by atoms with Crippen LogP contribution >= 0.6 is 0 Å². The first-order valence-electron chi connectivity index (χ1n) is 10.8. The van der Waals surface area contributed by atoms with E-state index in [0.717, 1.165) is 24.2 Å². The van der Waals surface area contributed by atoms with Crippen LogP contribution in [0.25, 0.3) is 0 Å². The van der Waals surface area contributed by atoms with Crippen LogP contribution in [-0.4, -0.2) is 37.6 Å². The number of carbonyl (C=O) groups excluding carboxylic acids is 3. The first-order chi connectivity index (χ1) is 14.5. The summed E-state index contributed by atoms with van der Waals surface area (Å²) in [6, 6.07) is 4.93. The highest BCUT2D eigenvalue weighted by Gasteiger charge is 2.56. The van der Waals surface area contributed by atoms with E-state index in [2.05, 4.69) is 5.32 Å². The van der Waals surface area contributed by atoms with Crippen LogP contribution in [0.4, 0.5) is 4.79 Å². The Morgan fingerprint density at radius 2 is 1.58 bits per heavy atom. The normalized spacial score (nSPS) is 36.7. The maximum absolute atomic E-state index is 13.4. The largest absolute Gasteiger partial charge is 0.325 e. The molecule has 31 heavy (non-hydrogen) atoms. The number of Topliss-reactive ketones (excluding diaryl/α,β-unsaturated/α-hetero) is 1. The minimum atomic E-state index is -3.86. The Morgan fingerprint density at radius 1 is 1.06 bits per heavy atom. The van der Waals surface area contributed by atoms with Gasteiger partial charge in [0.2, 0.25) is 10.0 Å². The summed E-state index contributed by atoms with van der Waals surface area (Å²) in [5.74, 6) is 1.30. The van der Waals surface area contributed by atoms with Gasteiger partial charge in [0.1, 0.15) is 5.54 Å². The first-order valence-corrected chi connectivity index (χ1v) is 12.4. The third kappa shape index (κ3) is 3.20. The molecule has 3 amide bonds. The molecule has 8 nitrogen and oxygen atoms in total. The fourth-order valence-electron chi connectivity index (χ4n) is 6.78. The van der Waals surface area contributed by atoms with Crippen molar-refractivity contribution in [2.24, 2.45) is 28.3 Å². The Hall–Kier alpha value is -2.26. The van der Waals surface area contributed by atoms with Crippen molar-refractivity contribution in [2.45, 2.75) is 55.9 Å². The fourth-order valence-corrected chi connectivity index (χ4v) is 7.29. The van der Waals surface area contributed by atoms with Gasteiger partial charge in [-0.3, -0.25) is 14.5 Å². The number of rotatable bonds is 5. The molecule has 0 aromatic heterocycles. The van der Waals surface area contributed by atoms with Crippen molar-refractivity contribution in [3.8, 4) is 0 Å². The SMILES string of the molecule is CC1(c2ccc(S(N)(=O)=O)cc2)NC(=O)N(CC(=O)C23CC4CC(CC(C4)C2)C3)C1=O. The lowest BCUT2D eigenvalue weighted by molar-refractivity contribution is -0.147. The lowest BCUT2D eigenvalue weighted by atomic mass is 9.48. The van der Waals surface area contributed by atoms with Crippen molar-refractivity contribution < 1.29 is 22.8 Å². The number of sulfonamides is 1. The molecule has 4 aliphatic carbocycles. The van der Waals surface area contributed by atoms with Gasteiger partial charge in [-0.15, -0.1) is 0 Å². The van der Waals surface area contributed by atoms with Crippen molar-refractivity contribution >= 4 is 27.7 Å². The summed E-state index contributed by atoms with van der Waals surface area (Å²) in [7, 11) is -3.86. The molecule has 1 heterocycles. The Balaban J connectivity index is 1.36. The van der Waals surface area contributed by atoms with Gasteiger partial charge in [-0.05, 0) is 80.9 Å². The number of nitrogens with zero attached hydrogens (tertiary/aromatic N) is 1. The third-order valence-electron chi connectivity index (χ3n) is 7.97. The van der Waals surface area contributed by atoms with Crippen molar-refractivity contribution in [1.29, 1.82) is 0 Å². The molecule has 0 spiro atoms. The summed E-state index contributed by atoms with van der Waals surface area (Å²) >= 11 is 0. The number of carbonyl (C=O) groups is 3. The standard InChI is InChI=1S/C22H27N3O5S/c1-21(16-2-4-17(5-3-16)31(23,29)30)19(27)25(20(28)24-21)12-18(26)22-9-13-6-14(10-22)8-15(7-13)11-22/h2-5,13-15H,6-12H2,1H3,(H,24,28)(H2,23,29,30). The molecule has 5 aliphatic rings. The number of nitrogens with one attached hydrogen (secondary N) is 1. The molecule has 0 radical (unpaired) electrons. The van der Waals surface area contributed by atoms with Gasteiger partial charge in [0.05, 0.1) is 11.4 Å². The van der Waals surface area contributed by atoms with Crippen LogP contribution in [0, 0.1) is 23.2 Å². The van der Waals surface area contributed by atoms with Gasteiger partial charge < -0.3 is 5.32 Å². The molecule has 1 aliphatic heterocycles. The number of nitrogens with two attached hydrogens (primary N) is 1. The summed E-state index contributed by atoms with van der Waals surface area (Å²) in [6.45, 7) is 1.36. The average Bonchev–Trinajstić information content (AvgIpc) is 2.90. The Labute approximate surface area is 181 Å². The van der Waals surface area contributed by atoms with Crippen LogP contribution in [0.5, 0.6) is 0 Å². The fraction of sp³-hybridized carbons (Fsp3) is 0.591. The van der Waals surface area contributed by atoms with Crippen LogP contribution in [0.3, 0.4) is 0 Å². The van der Waals surface area contributed by atoms with Gasteiger partial charge in [0.15, 0.2) is 5.78 Å². The van der Waals surface area contributed by atoms with Crippen LogP contribution in [-0.2, 0) is 25.2 Å². The highest BCUT2D eigenvalue weighted by Crippen LogP contribution is 2.60. The number of primary sulfonamides is 1. The Morgan fingerprint density at radius 3 is 2.06 bits per heavy atom. The number of ketones is 1. The average molecular weight is 446 g/mol. The summed E-state index contributed by atoms with van der Waals surface area (Å²) in [6.07, 6.45) is 6.28. The highest BCUT2D eigenvalue weighted by atomic mass is 32.2. The van der Waals surface area contributed by atoms with Gasteiger partial charge in [0, 0.05) is 5.41 Å². The number of benzene rings is 1. The van der Waals surface area contributed by atoms with Crippen molar-refractivity contribution in [1.82, 2.24) is 10.2 Å². The van der Waals surface area contributed by atoms with E-state index in [1.807, 2.05) is 0 Å². The second-order valence-corrected chi connectivity index (χ2v) is 11.7. The topological polar surface area (TPSA) is 127 Å². The van der Waals surface area contributed by atoms with E-state index in [0.29, 0.717) is 23.3 Å². The monoisotopic (exact) mass is 445 g/mol. The molecule has 6 rings (SSSR count). The quantitative estimate of drug-likeness (QED) is 0.669. The number of hydrogen-bond acceptors (Lipinski definition) is 5. The number of imide groups is 1. The van der Waals surface area contributed by atoms with E-state index in [1.165, 1.54) is 43.5 Å². The number of amides is 3. The van der Waals surface area contributed by atoms with E-state index in [-0.39, 0.29) is 22.6 Å². The lowest BCUT2D eigenvalue weighted by Crippen LogP contribution is -2.53. The summed E-state index contributed by atoms with van der Waals surface area (Å²) < 4.78 is 23.0. The second kappa shape index (κ2) is 6.62. The molecule has 1 aromatic rings. The number of urea groups is 1. The molecule has 3 N–H and O–H groups in total. The van der Waals surface area contributed by atoms with Gasteiger partial charge in [-0.2, -0.15) is 0 Å². The van der Waals surface area contributed by atoms with E-state index in [1.54, 1.807) is 6.92 Å². The molecule has 1 unspecified atom stereocenters. The van der Waals surface area contributed by atoms with Crippen LogP contribution in [0.2, 0.25) is 0 Å². The Kier molecular flexibility index (Phi) is 4.41. The second-order valence-electron chi connectivity index (χ2n) is 10.1. The lowest BCUT2D eigenvalue weighted by Gasteiger charge is -2.56. The summed E-state index contributed by atoms with van der Waals surface area (Å²) in [5.41, 5.74) is -1.32. The molecule has 166 valence electrons. The molecule has 9 heteroatoms. The Bertz CT molecular complexity index is 1050. The van der Waals surface area contributed by atoms with Gasteiger partial charge in [-0.1, -0.05) is 12.1 Å². The molecule has 1 atom stereocenters. The molecule has 1 aromatic carbocycles. The predicted octanol–water partition coefficient (Wildman–Crippen LogP) is 1.89. The highest BCUT2D eigenvalue weighted by molar-refractivity contribution is 7.89. The minimum absolute atomic E-state index is 0.00363. The van der Waals surface area contributed by atoms with Crippen LogP contribution in [0.15, 0.2) is 29.2 Å². The summed E-state index contributed by atoms with van der Waals surface area (Å²) in [4.78, 5) is 40.3. The van der Waals surface area contributed by atoms with Gasteiger partial charge in [-0.25, -0.2) is 18.4 Å². The maximum Gasteiger partial charge on any atom is 0.325 e.